The molecule has 1 unspecified atom stereocenters. The SMILES string of the molecule is C[C@@H]1CN(C(=O)C2CC23CCN(C(=O)c2ccccc2Cl)CC3)C[C@H](C)O1. The number of morpholine rings is 1. The van der Waals surface area contributed by atoms with E-state index in [4.69, 9.17) is 16.3 Å². The van der Waals surface area contributed by atoms with E-state index in [1.807, 2.05) is 35.8 Å². The van der Waals surface area contributed by atoms with Crippen molar-refractivity contribution >= 4 is 23.4 Å². The average molecular weight is 391 g/mol. The van der Waals surface area contributed by atoms with Gasteiger partial charge in [0.05, 0.1) is 22.8 Å². The van der Waals surface area contributed by atoms with Gasteiger partial charge in [0, 0.05) is 32.1 Å². The van der Waals surface area contributed by atoms with Crippen LogP contribution in [0.3, 0.4) is 0 Å². The van der Waals surface area contributed by atoms with Gasteiger partial charge in [-0.3, -0.25) is 9.59 Å². The summed E-state index contributed by atoms with van der Waals surface area (Å²) < 4.78 is 5.75. The highest BCUT2D eigenvalue weighted by atomic mass is 35.5. The minimum atomic E-state index is -0.00481. The van der Waals surface area contributed by atoms with E-state index in [1.165, 1.54) is 0 Å². The molecule has 0 bridgehead atoms. The van der Waals surface area contributed by atoms with Crippen LogP contribution in [0.15, 0.2) is 24.3 Å². The fourth-order valence-electron chi connectivity index (χ4n) is 4.79. The first-order valence-electron chi connectivity index (χ1n) is 9.88. The molecule has 4 rings (SSSR count). The molecule has 0 N–H and O–H groups in total. The Labute approximate surface area is 165 Å². The minimum absolute atomic E-state index is 0.00481. The maximum atomic E-state index is 13.0. The molecular formula is C21H27ClN2O3. The van der Waals surface area contributed by atoms with Gasteiger partial charge in [-0.15, -0.1) is 0 Å². The Hall–Kier alpha value is -1.59. The summed E-state index contributed by atoms with van der Waals surface area (Å²) in [6, 6.07) is 7.20. The monoisotopic (exact) mass is 390 g/mol. The maximum absolute atomic E-state index is 13.0. The lowest BCUT2D eigenvalue weighted by molar-refractivity contribution is -0.145. The quantitative estimate of drug-likeness (QED) is 0.779. The van der Waals surface area contributed by atoms with Crippen LogP contribution in [0, 0.1) is 11.3 Å². The Morgan fingerprint density at radius 2 is 1.70 bits per heavy atom. The van der Waals surface area contributed by atoms with Gasteiger partial charge in [-0.2, -0.15) is 0 Å². The lowest BCUT2D eigenvalue weighted by Crippen LogP contribution is -2.49. The molecule has 1 aromatic rings. The molecule has 3 atom stereocenters. The standard InChI is InChI=1S/C21H27ClN2O3/c1-14-12-24(13-15(2)27-14)20(26)17-11-21(17)7-9-23(10-8-21)19(25)16-5-3-4-6-18(16)22/h3-6,14-15,17H,7-13H2,1-2H3/t14-,15+,17?. The Morgan fingerprint density at radius 3 is 2.33 bits per heavy atom. The molecule has 2 saturated heterocycles. The lowest BCUT2D eigenvalue weighted by Gasteiger charge is -2.37. The van der Waals surface area contributed by atoms with E-state index in [9.17, 15) is 9.59 Å². The molecule has 1 aromatic carbocycles. The van der Waals surface area contributed by atoms with Gasteiger partial charge in [0.2, 0.25) is 5.91 Å². The number of rotatable bonds is 2. The summed E-state index contributed by atoms with van der Waals surface area (Å²) in [4.78, 5) is 29.6. The summed E-state index contributed by atoms with van der Waals surface area (Å²) in [6.07, 6.45) is 2.95. The van der Waals surface area contributed by atoms with E-state index in [2.05, 4.69) is 0 Å². The van der Waals surface area contributed by atoms with Gasteiger partial charge in [0.1, 0.15) is 0 Å². The molecule has 5 nitrogen and oxygen atoms in total. The largest absolute Gasteiger partial charge is 0.372 e. The number of piperidine rings is 1. The second-order valence-electron chi connectivity index (χ2n) is 8.39. The molecule has 1 spiro atoms. The normalized spacial score (nSPS) is 29.7. The zero-order chi connectivity index (χ0) is 19.2. The third kappa shape index (κ3) is 3.59. The zero-order valence-corrected chi connectivity index (χ0v) is 16.7. The first-order valence-corrected chi connectivity index (χ1v) is 10.3. The van der Waals surface area contributed by atoms with E-state index in [0.717, 1.165) is 19.3 Å². The van der Waals surface area contributed by atoms with Gasteiger partial charge in [0.15, 0.2) is 0 Å². The van der Waals surface area contributed by atoms with E-state index < -0.39 is 0 Å². The molecular weight excluding hydrogens is 364 g/mol. The van der Waals surface area contributed by atoms with Crippen molar-refractivity contribution in [1.29, 1.82) is 0 Å². The Morgan fingerprint density at radius 1 is 1.07 bits per heavy atom. The highest BCUT2D eigenvalue weighted by Crippen LogP contribution is 2.60. The van der Waals surface area contributed by atoms with Crippen molar-refractivity contribution in [3.05, 3.63) is 34.9 Å². The number of hydrogen-bond donors (Lipinski definition) is 0. The third-order valence-corrected chi connectivity index (χ3v) is 6.70. The van der Waals surface area contributed by atoms with Crippen molar-refractivity contribution in [1.82, 2.24) is 9.80 Å². The van der Waals surface area contributed by atoms with Crippen LogP contribution in [0.4, 0.5) is 0 Å². The molecule has 146 valence electrons. The topological polar surface area (TPSA) is 49.9 Å². The number of nitrogens with zero attached hydrogens (tertiary/aromatic N) is 2. The predicted octanol–water partition coefficient (Wildman–Crippen LogP) is 3.22. The lowest BCUT2D eigenvalue weighted by atomic mass is 9.90. The minimum Gasteiger partial charge on any atom is -0.372 e. The van der Waals surface area contributed by atoms with Crippen LogP contribution in [0.5, 0.6) is 0 Å². The molecule has 2 heterocycles. The first-order chi connectivity index (χ1) is 12.9. The summed E-state index contributed by atoms with van der Waals surface area (Å²) in [6.45, 7) is 6.82. The van der Waals surface area contributed by atoms with Gasteiger partial charge < -0.3 is 14.5 Å². The fraction of sp³-hybridized carbons (Fsp3) is 0.619. The first kappa shape index (κ1) is 18.8. The van der Waals surface area contributed by atoms with Crippen LogP contribution in [0.1, 0.15) is 43.5 Å². The molecule has 3 aliphatic rings. The maximum Gasteiger partial charge on any atom is 0.255 e. The number of carbonyl (C=O) groups is 2. The van der Waals surface area contributed by atoms with Crippen molar-refractivity contribution in [2.45, 2.75) is 45.3 Å². The predicted molar refractivity (Wildman–Crippen MR) is 104 cm³/mol. The van der Waals surface area contributed by atoms with Crippen molar-refractivity contribution < 1.29 is 14.3 Å². The van der Waals surface area contributed by atoms with Gasteiger partial charge in [0.25, 0.3) is 5.91 Å². The molecule has 1 aliphatic carbocycles. The highest BCUT2D eigenvalue weighted by Gasteiger charge is 2.59. The van der Waals surface area contributed by atoms with E-state index >= 15 is 0 Å². The van der Waals surface area contributed by atoms with Crippen LogP contribution in [0.2, 0.25) is 5.02 Å². The number of ether oxygens (including phenoxy) is 1. The van der Waals surface area contributed by atoms with Crippen molar-refractivity contribution in [2.75, 3.05) is 26.2 Å². The molecule has 3 fully saturated rings. The average Bonchev–Trinajstić information content (AvgIpc) is 3.34. The summed E-state index contributed by atoms with van der Waals surface area (Å²) >= 11 is 6.17. The van der Waals surface area contributed by atoms with Crippen LogP contribution >= 0.6 is 11.6 Å². The van der Waals surface area contributed by atoms with Crippen LogP contribution in [-0.2, 0) is 9.53 Å². The van der Waals surface area contributed by atoms with Crippen LogP contribution < -0.4 is 0 Å². The molecule has 2 aliphatic heterocycles. The van der Waals surface area contributed by atoms with Gasteiger partial charge in [-0.25, -0.2) is 0 Å². The van der Waals surface area contributed by atoms with Crippen molar-refractivity contribution in [2.24, 2.45) is 11.3 Å². The van der Waals surface area contributed by atoms with E-state index in [0.29, 0.717) is 36.8 Å². The van der Waals surface area contributed by atoms with Crippen LogP contribution in [0.25, 0.3) is 0 Å². The molecule has 0 aromatic heterocycles. The third-order valence-electron chi connectivity index (χ3n) is 6.37. The second kappa shape index (κ2) is 7.10. The molecule has 2 amide bonds. The van der Waals surface area contributed by atoms with Gasteiger partial charge in [-0.1, -0.05) is 23.7 Å². The van der Waals surface area contributed by atoms with Crippen molar-refractivity contribution in [3.8, 4) is 0 Å². The summed E-state index contributed by atoms with van der Waals surface area (Å²) in [7, 11) is 0. The number of likely N-dealkylation sites (tertiary alicyclic amines) is 1. The number of amides is 2. The van der Waals surface area contributed by atoms with E-state index in [-0.39, 0.29) is 35.4 Å². The van der Waals surface area contributed by atoms with Gasteiger partial charge >= 0.3 is 0 Å². The summed E-state index contributed by atoms with van der Waals surface area (Å²) in [5.74, 6) is 0.394. The Bertz CT molecular complexity index is 735. The molecule has 0 radical (unpaired) electrons. The summed E-state index contributed by atoms with van der Waals surface area (Å²) in [5.41, 5.74) is 0.661. The summed E-state index contributed by atoms with van der Waals surface area (Å²) in [5, 5.41) is 0.498. The molecule has 27 heavy (non-hydrogen) atoms. The molecule has 1 saturated carbocycles. The number of halogens is 1. The van der Waals surface area contributed by atoms with Crippen LogP contribution in [-0.4, -0.2) is 60.0 Å². The van der Waals surface area contributed by atoms with Crippen molar-refractivity contribution in [3.63, 3.8) is 0 Å². The highest BCUT2D eigenvalue weighted by molar-refractivity contribution is 6.33. The zero-order valence-electron chi connectivity index (χ0n) is 16.0. The second-order valence-corrected chi connectivity index (χ2v) is 8.80. The van der Waals surface area contributed by atoms with E-state index in [1.54, 1.807) is 12.1 Å². The number of hydrogen-bond acceptors (Lipinski definition) is 3. The number of benzene rings is 1. The smallest absolute Gasteiger partial charge is 0.255 e. The number of carbonyl (C=O) groups excluding carboxylic acids is 2. The fourth-order valence-corrected chi connectivity index (χ4v) is 5.00. The Kier molecular flexibility index (Phi) is 4.93. The molecule has 6 heteroatoms. The van der Waals surface area contributed by atoms with Gasteiger partial charge in [-0.05, 0) is 50.7 Å². The Balaban J connectivity index is 1.35.